The number of benzene rings is 1. The van der Waals surface area contributed by atoms with Gasteiger partial charge >= 0.3 is 0 Å². The largest absolute Gasteiger partial charge is 0.368 e. The van der Waals surface area contributed by atoms with Crippen LogP contribution in [0.5, 0.6) is 0 Å². The molecule has 27 heavy (non-hydrogen) atoms. The summed E-state index contributed by atoms with van der Waals surface area (Å²) < 4.78 is 0. The van der Waals surface area contributed by atoms with Gasteiger partial charge in [0.1, 0.15) is 5.52 Å². The lowest BCUT2D eigenvalue weighted by molar-refractivity contribution is 0.0860. The number of nitrogens with one attached hydrogen (secondary N) is 1. The van der Waals surface area contributed by atoms with Crippen LogP contribution in [0.1, 0.15) is 44.0 Å². The lowest BCUT2D eigenvalue weighted by Gasteiger charge is -2.27. The minimum absolute atomic E-state index is 0.0748. The molecule has 2 bridgehead atoms. The van der Waals surface area contributed by atoms with E-state index in [2.05, 4.69) is 39.1 Å². The van der Waals surface area contributed by atoms with Crippen LogP contribution in [0.4, 0.5) is 5.69 Å². The molecule has 3 aromatic rings. The van der Waals surface area contributed by atoms with Crippen LogP contribution in [-0.4, -0.2) is 33.3 Å². The maximum atomic E-state index is 12.8. The van der Waals surface area contributed by atoms with E-state index in [-0.39, 0.29) is 5.78 Å². The van der Waals surface area contributed by atoms with Gasteiger partial charge in [0.15, 0.2) is 11.4 Å². The van der Waals surface area contributed by atoms with E-state index in [1.165, 1.54) is 25.1 Å². The average Bonchev–Trinajstić information content (AvgIpc) is 3.33. The maximum Gasteiger partial charge on any atom is 0.171 e. The van der Waals surface area contributed by atoms with E-state index in [9.17, 15) is 4.79 Å². The second-order valence-electron chi connectivity index (χ2n) is 8.93. The summed E-state index contributed by atoms with van der Waals surface area (Å²) in [6, 6.07) is 9.25. The Morgan fingerprint density at radius 3 is 2.78 bits per heavy atom. The van der Waals surface area contributed by atoms with Gasteiger partial charge in [0.25, 0.3) is 0 Å². The highest BCUT2D eigenvalue weighted by Gasteiger charge is 2.42. The number of anilines is 1. The number of carbonyl (C=O) groups excluding carboxylic acids is 1. The molecule has 0 spiro atoms. The van der Waals surface area contributed by atoms with E-state index in [1.807, 2.05) is 20.8 Å². The highest BCUT2D eigenvalue weighted by atomic mass is 16.1. The molecular weight excluding hydrogens is 336 g/mol. The maximum absolute atomic E-state index is 12.8. The molecule has 5 nitrogen and oxygen atoms in total. The Kier molecular flexibility index (Phi) is 3.45. The van der Waals surface area contributed by atoms with E-state index >= 15 is 0 Å². The quantitative estimate of drug-likeness (QED) is 0.701. The fourth-order valence-corrected chi connectivity index (χ4v) is 4.30. The fraction of sp³-hybridized carbons (Fsp3) is 0.409. The number of aromatic amines is 1. The summed E-state index contributed by atoms with van der Waals surface area (Å²) in [6.07, 6.45) is 6.18. The van der Waals surface area contributed by atoms with Crippen LogP contribution >= 0.6 is 0 Å². The second kappa shape index (κ2) is 5.65. The third kappa shape index (κ3) is 2.64. The zero-order valence-corrected chi connectivity index (χ0v) is 16.0. The Bertz CT molecular complexity index is 1040. The van der Waals surface area contributed by atoms with Gasteiger partial charge in [0.05, 0.1) is 17.5 Å². The van der Waals surface area contributed by atoms with Gasteiger partial charge in [-0.2, -0.15) is 0 Å². The van der Waals surface area contributed by atoms with Gasteiger partial charge in [0, 0.05) is 35.4 Å². The van der Waals surface area contributed by atoms with Crippen LogP contribution in [0.25, 0.3) is 22.4 Å². The number of aromatic nitrogens is 3. The molecule has 1 N–H and O–H groups in total. The van der Waals surface area contributed by atoms with Crippen molar-refractivity contribution in [2.24, 2.45) is 11.3 Å². The Morgan fingerprint density at radius 1 is 1.26 bits per heavy atom. The predicted octanol–water partition coefficient (Wildman–Crippen LogP) is 4.45. The lowest BCUT2D eigenvalue weighted by Crippen LogP contribution is -2.28. The molecule has 0 amide bonds. The number of carbonyl (C=O) groups is 1. The summed E-state index contributed by atoms with van der Waals surface area (Å²) in [6.45, 7) is 6.95. The van der Waals surface area contributed by atoms with Crippen molar-refractivity contribution in [1.82, 2.24) is 15.0 Å². The van der Waals surface area contributed by atoms with Crippen molar-refractivity contribution in [3.05, 3.63) is 42.2 Å². The summed E-state index contributed by atoms with van der Waals surface area (Å²) in [4.78, 5) is 27.7. The number of hydrogen-bond donors (Lipinski definition) is 1. The van der Waals surface area contributed by atoms with E-state index in [4.69, 9.17) is 4.98 Å². The number of nitrogens with zero attached hydrogens (tertiary/aromatic N) is 3. The van der Waals surface area contributed by atoms with Crippen LogP contribution in [0.3, 0.4) is 0 Å². The molecule has 0 radical (unpaired) electrons. The van der Waals surface area contributed by atoms with Crippen molar-refractivity contribution in [3.8, 4) is 11.3 Å². The van der Waals surface area contributed by atoms with Gasteiger partial charge in [0.2, 0.25) is 0 Å². The van der Waals surface area contributed by atoms with Crippen LogP contribution in [-0.2, 0) is 0 Å². The number of rotatable bonds is 3. The van der Waals surface area contributed by atoms with E-state index < -0.39 is 5.41 Å². The first kappa shape index (κ1) is 16.5. The zero-order valence-electron chi connectivity index (χ0n) is 16.0. The smallest absolute Gasteiger partial charge is 0.171 e. The molecule has 0 unspecified atom stereocenters. The van der Waals surface area contributed by atoms with Crippen molar-refractivity contribution in [2.75, 3.05) is 11.4 Å². The fourth-order valence-electron chi connectivity index (χ4n) is 4.30. The molecule has 1 aromatic carbocycles. The Balaban J connectivity index is 1.55. The molecule has 2 saturated heterocycles. The topological polar surface area (TPSA) is 61.9 Å². The standard InChI is InChI=1S/C22H24N4O/c1-22(2,3)20(27)17-10-23-21-19(17)25-18(11-24-21)14-5-4-6-15(9-14)26-12-13-7-16(26)8-13/h4-6,9-11,13,16H,7-8,12H2,1-3H3,(H,23,24). The van der Waals surface area contributed by atoms with Gasteiger partial charge in [-0.25, -0.2) is 9.97 Å². The third-order valence-electron chi connectivity index (χ3n) is 5.89. The molecule has 138 valence electrons. The van der Waals surface area contributed by atoms with Crippen LogP contribution < -0.4 is 4.90 Å². The molecule has 3 fully saturated rings. The molecule has 5 heteroatoms. The SMILES string of the molecule is CC(C)(C)C(=O)c1c[nH]c2ncc(-c3cccc(N4CC5CC4C5)c3)nc12. The normalized spacial score (nSPS) is 21.5. The van der Waals surface area contributed by atoms with Crippen molar-refractivity contribution in [2.45, 2.75) is 39.7 Å². The van der Waals surface area contributed by atoms with Gasteiger partial charge < -0.3 is 9.88 Å². The predicted molar refractivity (Wildman–Crippen MR) is 107 cm³/mol. The number of fused-ring (bicyclic) bond motifs is 2. The molecular formula is C22H24N4O. The van der Waals surface area contributed by atoms with Gasteiger partial charge in [-0.05, 0) is 30.9 Å². The molecule has 1 saturated carbocycles. The number of H-pyrrole nitrogens is 1. The number of hydrogen-bond acceptors (Lipinski definition) is 4. The highest BCUT2D eigenvalue weighted by Crippen LogP contribution is 2.43. The van der Waals surface area contributed by atoms with Gasteiger partial charge in [-0.3, -0.25) is 4.79 Å². The Labute approximate surface area is 158 Å². The molecule has 1 aliphatic carbocycles. The molecule has 2 aromatic heterocycles. The van der Waals surface area contributed by atoms with Gasteiger partial charge in [-0.15, -0.1) is 0 Å². The molecule has 4 heterocycles. The van der Waals surface area contributed by atoms with Crippen molar-refractivity contribution < 1.29 is 4.79 Å². The average molecular weight is 360 g/mol. The van der Waals surface area contributed by atoms with Crippen molar-refractivity contribution >= 4 is 22.6 Å². The summed E-state index contributed by atoms with van der Waals surface area (Å²) in [7, 11) is 0. The van der Waals surface area contributed by atoms with E-state index in [1.54, 1.807) is 12.4 Å². The highest BCUT2D eigenvalue weighted by molar-refractivity contribution is 6.08. The molecule has 2 aliphatic heterocycles. The summed E-state index contributed by atoms with van der Waals surface area (Å²) in [5.74, 6) is 0.950. The van der Waals surface area contributed by atoms with Gasteiger partial charge in [-0.1, -0.05) is 32.9 Å². The van der Waals surface area contributed by atoms with Crippen LogP contribution in [0.15, 0.2) is 36.7 Å². The Hall–Kier alpha value is -2.69. The zero-order chi connectivity index (χ0) is 18.8. The number of Topliss-reactive ketones (excluding diaryl/α,β-unsaturated/α-hetero) is 1. The van der Waals surface area contributed by atoms with E-state index in [0.29, 0.717) is 22.8 Å². The molecule has 0 atom stereocenters. The summed E-state index contributed by atoms with van der Waals surface area (Å²) >= 11 is 0. The summed E-state index contributed by atoms with van der Waals surface area (Å²) in [5.41, 5.74) is 4.58. The first-order valence-corrected chi connectivity index (χ1v) is 9.66. The summed E-state index contributed by atoms with van der Waals surface area (Å²) in [5, 5.41) is 0. The lowest BCUT2D eigenvalue weighted by atomic mass is 9.86. The monoisotopic (exact) mass is 360 g/mol. The van der Waals surface area contributed by atoms with Crippen LogP contribution in [0.2, 0.25) is 0 Å². The van der Waals surface area contributed by atoms with E-state index in [0.717, 1.165) is 17.2 Å². The molecule has 3 aliphatic rings. The third-order valence-corrected chi connectivity index (χ3v) is 5.89. The number of ketones is 1. The van der Waals surface area contributed by atoms with Crippen molar-refractivity contribution in [3.63, 3.8) is 0 Å². The van der Waals surface area contributed by atoms with Crippen LogP contribution in [0, 0.1) is 11.3 Å². The first-order chi connectivity index (χ1) is 12.9. The second-order valence-corrected chi connectivity index (χ2v) is 8.93. The van der Waals surface area contributed by atoms with Crippen molar-refractivity contribution in [1.29, 1.82) is 0 Å². The first-order valence-electron chi connectivity index (χ1n) is 9.66. The Morgan fingerprint density at radius 2 is 2.07 bits per heavy atom. The molecule has 6 rings (SSSR count). The minimum atomic E-state index is -0.455. The minimum Gasteiger partial charge on any atom is -0.368 e.